The lowest BCUT2D eigenvalue weighted by Crippen LogP contribution is -2.24. The summed E-state index contributed by atoms with van der Waals surface area (Å²) in [4.78, 5) is 19.8. The molecular weight excluding hydrogens is 228 g/mol. The van der Waals surface area contributed by atoms with Crippen molar-refractivity contribution in [1.82, 2.24) is 5.32 Å². The molecule has 1 aromatic rings. The Labute approximate surface area is 96.7 Å². The first-order valence-electron chi connectivity index (χ1n) is 4.81. The first-order valence-corrected chi connectivity index (χ1v) is 4.81. The fraction of sp³-hybridized carbons (Fsp3) is 0.333. The molecule has 0 saturated heterocycles. The highest BCUT2D eigenvalue weighted by Crippen LogP contribution is 2.29. The first kappa shape index (κ1) is 13.0. The molecular formula is C9H12N4O4. The number of hydrogen-bond acceptors (Lipinski definition) is 6. The molecule has 0 aliphatic rings. The van der Waals surface area contributed by atoms with Gasteiger partial charge in [-0.05, 0) is 12.6 Å². The average Bonchev–Trinajstić information content (AvgIpc) is 2.30. The summed E-state index contributed by atoms with van der Waals surface area (Å²) in [6, 6.07) is 3.48. The third kappa shape index (κ3) is 2.74. The molecule has 0 fully saturated rings. The second-order valence-electron chi connectivity index (χ2n) is 3.34. The highest BCUT2D eigenvalue weighted by molar-refractivity contribution is 5.54. The summed E-state index contributed by atoms with van der Waals surface area (Å²) in [5, 5.41) is 24.2. The minimum Gasteiger partial charge on any atom is -0.329 e. The van der Waals surface area contributed by atoms with Crippen molar-refractivity contribution in [2.45, 2.75) is 6.04 Å². The first-order chi connectivity index (χ1) is 8.01. The van der Waals surface area contributed by atoms with Crippen molar-refractivity contribution >= 4 is 11.4 Å². The van der Waals surface area contributed by atoms with Crippen LogP contribution in [0.15, 0.2) is 18.2 Å². The van der Waals surface area contributed by atoms with E-state index in [1.807, 2.05) is 0 Å². The van der Waals surface area contributed by atoms with Gasteiger partial charge in [0.15, 0.2) is 0 Å². The van der Waals surface area contributed by atoms with Crippen LogP contribution in [0.1, 0.15) is 11.6 Å². The van der Waals surface area contributed by atoms with Gasteiger partial charge in [-0.1, -0.05) is 6.07 Å². The lowest BCUT2D eigenvalue weighted by atomic mass is 10.1. The molecule has 17 heavy (non-hydrogen) atoms. The smallest absolute Gasteiger partial charge is 0.329 e. The zero-order chi connectivity index (χ0) is 13.0. The van der Waals surface area contributed by atoms with Gasteiger partial charge in [0.2, 0.25) is 0 Å². The van der Waals surface area contributed by atoms with Crippen LogP contribution in [0.2, 0.25) is 0 Å². The standard InChI is InChI=1S/C9H12N4O4/c1-11-7(5-10)6-2-3-8(12(14)15)9(4-6)13(16)17/h2-4,7,11H,5,10H2,1H3. The Balaban J connectivity index is 3.27. The van der Waals surface area contributed by atoms with Gasteiger partial charge in [0.1, 0.15) is 0 Å². The van der Waals surface area contributed by atoms with Crippen molar-refractivity contribution in [3.63, 3.8) is 0 Å². The van der Waals surface area contributed by atoms with Gasteiger partial charge in [-0.3, -0.25) is 20.2 Å². The van der Waals surface area contributed by atoms with Crippen LogP contribution >= 0.6 is 0 Å². The van der Waals surface area contributed by atoms with Gasteiger partial charge in [-0.2, -0.15) is 0 Å². The predicted molar refractivity (Wildman–Crippen MR) is 60.6 cm³/mol. The average molecular weight is 240 g/mol. The fourth-order valence-corrected chi connectivity index (χ4v) is 1.48. The fourth-order valence-electron chi connectivity index (χ4n) is 1.48. The molecule has 0 aliphatic heterocycles. The summed E-state index contributed by atoms with van der Waals surface area (Å²) >= 11 is 0. The van der Waals surface area contributed by atoms with Crippen LogP contribution in [0.3, 0.4) is 0 Å². The summed E-state index contributed by atoms with van der Waals surface area (Å²) in [5.41, 5.74) is 4.97. The van der Waals surface area contributed by atoms with E-state index < -0.39 is 21.2 Å². The van der Waals surface area contributed by atoms with E-state index in [0.717, 1.165) is 6.07 Å². The molecule has 8 heteroatoms. The van der Waals surface area contributed by atoms with Gasteiger partial charge < -0.3 is 11.1 Å². The highest BCUT2D eigenvalue weighted by atomic mass is 16.6. The van der Waals surface area contributed by atoms with Crippen LogP contribution in [0.4, 0.5) is 11.4 Å². The lowest BCUT2D eigenvalue weighted by Gasteiger charge is -2.13. The van der Waals surface area contributed by atoms with Crippen molar-refractivity contribution in [1.29, 1.82) is 0 Å². The summed E-state index contributed by atoms with van der Waals surface area (Å²) < 4.78 is 0. The Morgan fingerprint density at radius 3 is 2.29 bits per heavy atom. The topological polar surface area (TPSA) is 124 Å². The maximum atomic E-state index is 10.7. The van der Waals surface area contributed by atoms with E-state index in [0.29, 0.717) is 5.56 Å². The second kappa shape index (κ2) is 5.32. The van der Waals surface area contributed by atoms with Gasteiger partial charge in [0, 0.05) is 24.7 Å². The molecule has 1 rings (SSSR count). The van der Waals surface area contributed by atoms with Crippen molar-refractivity contribution < 1.29 is 9.85 Å². The Morgan fingerprint density at radius 2 is 1.88 bits per heavy atom. The summed E-state index contributed by atoms with van der Waals surface area (Å²) in [5.74, 6) is 0. The molecule has 0 aromatic heterocycles. The van der Waals surface area contributed by atoms with Crippen LogP contribution in [-0.2, 0) is 0 Å². The monoisotopic (exact) mass is 240 g/mol. The van der Waals surface area contributed by atoms with Gasteiger partial charge in [-0.25, -0.2) is 0 Å². The number of likely N-dealkylation sites (N-methyl/N-ethyl adjacent to an activating group) is 1. The van der Waals surface area contributed by atoms with Gasteiger partial charge in [0.25, 0.3) is 0 Å². The molecule has 1 atom stereocenters. The highest BCUT2D eigenvalue weighted by Gasteiger charge is 2.25. The molecule has 92 valence electrons. The minimum atomic E-state index is -0.779. The molecule has 0 heterocycles. The Hall–Kier alpha value is -2.06. The van der Waals surface area contributed by atoms with Crippen molar-refractivity contribution in [2.24, 2.45) is 5.73 Å². The van der Waals surface area contributed by atoms with Crippen LogP contribution in [-0.4, -0.2) is 23.4 Å². The van der Waals surface area contributed by atoms with E-state index in [4.69, 9.17) is 5.73 Å². The zero-order valence-corrected chi connectivity index (χ0v) is 9.12. The number of benzene rings is 1. The van der Waals surface area contributed by atoms with Crippen molar-refractivity contribution in [2.75, 3.05) is 13.6 Å². The summed E-state index contributed by atoms with van der Waals surface area (Å²) in [7, 11) is 1.66. The van der Waals surface area contributed by atoms with Crippen LogP contribution in [0.5, 0.6) is 0 Å². The molecule has 0 amide bonds. The van der Waals surface area contributed by atoms with Gasteiger partial charge in [0.05, 0.1) is 9.85 Å². The molecule has 0 saturated carbocycles. The third-order valence-electron chi connectivity index (χ3n) is 2.38. The van der Waals surface area contributed by atoms with E-state index in [1.54, 1.807) is 7.05 Å². The maximum absolute atomic E-state index is 10.7. The number of nitrogens with zero attached hydrogens (tertiary/aromatic N) is 2. The number of hydrogen-bond donors (Lipinski definition) is 2. The maximum Gasteiger partial charge on any atom is 0.346 e. The molecule has 8 nitrogen and oxygen atoms in total. The Kier molecular flexibility index (Phi) is 4.07. The van der Waals surface area contributed by atoms with Crippen LogP contribution in [0.25, 0.3) is 0 Å². The third-order valence-corrected chi connectivity index (χ3v) is 2.38. The number of nitro groups is 2. The second-order valence-corrected chi connectivity index (χ2v) is 3.34. The lowest BCUT2D eigenvalue weighted by molar-refractivity contribution is -0.422. The quantitative estimate of drug-likeness (QED) is 0.577. The van der Waals surface area contributed by atoms with E-state index in [9.17, 15) is 20.2 Å². The van der Waals surface area contributed by atoms with Crippen molar-refractivity contribution in [3.8, 4) is 0 Å². The molecule has 0 radical (unpaired) electrons. The van der Waals surface area contributed by atoms with Crippen LogP contribution in [0, 0.1) is 20.2 Å². The number of rotatable bonds is 5. The Bertz CT molecular complexity index is 445. The number of nitro benzene ring substituents is 2. The predicted octanol–water partition coefficient (Wildman–Crippen LogP) is 0.722. The van der Waals surface area contributed by atoms with E-state index in [-0.39, 0.29) is 12.6 Å². The van der Waals surface area contributed by atoms with E-state index >= 15 is 0 Å². The largest absolute Gasteiger partial charge is 0.346 e. The van der Waals surface area contributed by atoms with Gasteiger partial charge >= 0.3 is 11.4 Å². The molecule has 3 N–H and O–H groups in total. The van der Waals surface area contributed by atoms with Crippen LogP contribution < -0.4 is 11.1 Å². The van der Waals surface area contributed by atoms with E-state index in [1.165, 1.54) is 12.1 Å². The molecule has 0 bridgehead atoms. The molecule has 1 aromatic carbocycles. The zero-order valence-electron chi connectivity index (χ0n) is 9.12. The normalized spacial score (nSPS) is 12.1. The SMILES string of the molecule is CNC(CN)c1ccc([N+](=O)[O-])c([N+](=O)[O-])c1. The number of nitrogens with one attached hydrogen (secondary N) is 1. The van der Waals surface area contributed by atoms with Gasteiger partial charge in [-0.15, -0.1) is 0 Å². The summed E-state index contributed by atoms with van der Waals surface area (Å²) in [6.07, 6.45) is 0. The number of nitrogens with two attached hydrogens (primary N) is 1. The summed E-state index contributed by atoms with van der Waals surface area (Å²) in [6.45, 7) is 0.242. The molecule has 0 aliphatic carbocycles. The Morgan fingerprint density at radius 1 is 1.29 bits per heavy atom. The van der Waals surface area contributed by atoms with E-state index in [2.05, 4.69) is 5.32 Å². The molecule has 0 spiro atoms. The minimum absolute atomic E-state index is 0.242. The van der Waals surface area contributed by atoms with Crippen molar-refractivity contribution in [3.05, 3.63) is 44.0 Å². The molecule has 1 unspecified atom stereocenters.